The molecule has 1 heterocycles. The van der Waals surface area contributed by atoms with Crippen LogP contribution in [0.5, 0.6) is 0 Å². The lowest BCUT2D eigenvalue weighted by atomic mass is 10.1. The average Bonchev–Trinajstić information content (AvgIpc) is 2.46. The normalized spacial score (nSPS) is 10.9. The Labute approximate surface area is 115 Å². The number of fused-ring (bicyclic) bond motifs is 2. The summed E-state index contributed by atoms with van der Waals surface area (Å²) in [7, 11) is 0. The van der Waals surface area contributed by atoms with Crippen molar-refractivity contribution in [1.82, 2.24) is 0 Å². The van der Waals surface area contributed by atoms with Crippen LogP contribution in [0.3, 0.4) is 0 Å². The minimum atomic E-state index is -0.612. The van der Waals surface area contributed by atoms with Gasteiger partial charge in [-0.25, -0.2) is 0 Å². The van der Waals surface area contributed by atoms with Crippen LogP contribution in [0.4, 0.5) is 11.4 Å². The molecule has 0 aliphatic heterocycles. The molecule has 0 aliphatic carbocycles. The third-order valence-corrected chi connectivity index (χ3v) is 3.06. The lowest BCUT2D eigenvalue weighted by molar-refractivity contribution is -0.385. The van der Waals surface area contributed by atoms with Crippen molar-refractivity contribution in [2.24, 2.45) is 0 Å². The molecule has 0 saturated heterocycles. The lowest BCUT2D eigenvalue weighted by Gasteiger charge is -2.01. The molecule has 0 amide bonds. The van der Waals surface area contributed by atoms with Crippen molar-refractivity contribution in [1.29, 1.82) is 0 Å². The fourth-order valence-electron chi connectivity index (χ4n) is 2.06. The number of nitro groups is 2. The van der Waals surface area contributed by atoms with E-state index in [1.54, 1.807) is 0 Å². The van der Waals surface area contributed by atoms with Crippen molar-refractivity contribution in [2.75, 3.05) is 0 Å². The lowest BCUT2D eigenvalue weighted by Crippen LogP contribution is -2.03. The number of nitro benzene ring substituents is 2. The third-order valence-electron chi connectivity index (χ3n) is 3.06. The highest BCUT2D eigenvalue weighted by molar-refractivity contribution is 5.91. The van der Waals surface area contributed by atoms with Crippen LogP contribution in [-0.2, 0) is 0 Å². The van der Waals surface area contributed by atoms with Crippen LogP contribution in [0.2, 0.25) is 0 Å². The monoisotopic (exact) mass is 286 g/mol. The van der Waals surface area contributed by atoms with Gasteiger partial charge in [0.05, 0.1) is 26.7 Å². The van der Waals surface area contributed by atoms with Gasteiger partial charge in [0, 0.05) is 18.2 Å². The molecule has 21 heavy (non-hydrogen) atoms. The Bertz CT molecular complexity index is 975. The fourth-order valence-corrected chi connectivity index (χ4v) is 2.06. The van der Waals surface area contributed by atoms with Crippen molar-refractivity contribution in [3.05, 3.63) is 66.9 Å². The van der Waals surface area contributed by atoms with Crippen LogP contribution in [0.25, 0.3) is 21.9 Å². The van der Waals surface area contributed by atoms with E-state index < -0.39 is 15.3 Å². The first kappa shape index (κ1) is 12.7. The van der Waals surface area contributed by atoms with Gasteiger partial charge >= 0.3 is 0 Å². The summed E-state index contributed by atoms with van der Waals surface area (Å²) >= 11 is 0. The van der Waals surface area contributed by atoms with Crippen molar-refractivity contribution in [2.45, 2.75) is 0 Å². The molecule has 2 aromatic carbocycles. The minimum absolute atomic E-state index is 0.0607. The van der Waals surface area contributed by atoms with Gasteiger partial charge in [0.15, 0.2) is 0 Å². The largest absolute Gasteiger partial charge is 0.456 e. The van der Waals surface area contributed by atoms with Crippen LogP contribution >= 0.6 is 0 Å². The molecule has 0 spiro atoms. The van der Waals surface area contributed by atoms with E-state index in [1.165, 1.54) is 24.3 Å². The third kappa shape index (κ3) is 1.98. The number of hydrogen-bond donors (Lipinski definition) is 0. The molecule has 3 aromatic rings. The van der Waals surface area contributed by atoms with Gasteiger partial charge in [-0.05, 0) is 12.1 Å². The molecule has 0 aliphatic rings. The predicted octanol–water partition coefficient (Wildman–Crippen LogP) is 2.76. The summed E-state index contributed by atoms with van der Waals surface area (Å²) in [6.45, 7) is 0. The van der Waals surface area contributed by atoms with E-state index in [0.717, 1.165) is 12.1 Å². The van der Waals surface area contributed by atoms with Gasteiger partial charge in [-0.3, -0.25) is 25.0 Å². The maximum atomic E-state index is 12.3. The number of benzene rings is 2. The Hall–Kier alpha value is -3.29. The molecule has 0 saturated carbocycles. The number of hydrogen-bond acceptors (Lipinski definition) is 6. The first-order valence-electron chi connectivity index (χ1n) is 5.77. The molecule has 0 radical (unpaired) electrons. The molecule has 104 valence electrons. The van der Waals surface area contributed by atoms with E-state index in [4.69, 9.17) is 4.42 Å². The van der Waals surface area contributed by atoms with Gasteiger partial charge in [-0.2, -0.15) is 0 Å². The highest BCUT2D eigenvalue weighted by atomic mass is 16.6. The van der Waals surface area contributed by atoms with Crippen LogP contribution < -0.4 is 5.43 Å². The van der Waals surface area contributed by atoms with Crippen LogP contribution in [-0.4, -0.2) is 9.85 Å². The van der Waals surface area contributed by atoms with E-state index in [2.05, 4.69) is 0 Å². The summed E-state index contributed by atoms with van der Waals surface area (Å²) in [6.07, 6.45) is 0. The summed E-state index contributed by atoms with van der Waals surface area (Å²) in [5, 5.41) is 21.7. The fraction of sp³-hybridized carbons (Fsp3) is 0. The molecular weight excluding hydrogens is 280 g/mol. The van der Waals surface area contributed by atoms with Gasteiger partial charge in [0.1, 0.15) is 11.2 Å². The quantitative estimate of drug-likeness (QED) is 0.406. The second kappa shape index (κ2) is 4.37. The van der Waals surface area contributed by atoms with Crippen molar-refractivity contribution < 1.29 is 14.3 Å². The highest BCUT2D eigenvalue weighted by Crippen LogP contribution is 2.25. The highest BCUT2D eigenvalue weighted by Gasteiger charge is 2.15. The molecule has 0 bridgehead atoms. The summed E-state index contributed by atoms with van der Waals surface area (Å²) in [5.74, 6) is 0. The first-order chi connectivity index (χ1) is 9.97. The topological polar surface area (TPSA) is 116 Å². The standard InChI is InChI=1S/C13H6N2O6/c16-13-9-3-1-8(15(19)20)6-12(9)21-11-4-2-7(14(17)18)5-10(11)13/h1-6H. The smallest absolute Gasteiger partial charge is 0.273 e. The van der Waals surface area contributed by atoms with Gasteiger partial charge < -0.3 is 4.42 Å². The molecule has 1 aromatic heterocycles. The van der Waals surface area contributed by atoms with Crippen molar-refractivity contribution >= 4 is 33.3 Å². The number of non-ortho nitro benzene ring substituents is 2. The molecular formula is C13H6N2O6. The molecule has 0 N–H and O–H groups in total. The van der Waals surface area contributed by atoms with E-state index >= 15 is 0 Å². The summed E-state index contributed by atoms with van der Waals surface area (Å²) in [4.78, 5) is 32.5. The summed E-state index contributed by atoms with van der Waals surface area (Å²) < 4.78 is 5.43. The Kier molecular flexibility index (Phi) is 2.65. The van der Waals surface area contributed by atoms with Crippen LogP contribution in [0.15, 0.2) is 45.6 Å². The molecule has 0 unspecified atom stereocenters. The molecule has 8 nitrogen and oxygen atoms in total. The maximum Gasteiger partial charge on any atom is 0.273 e. The zero-order valence-corrected chi connectivity index (χ0v) is 10.3. The molecule has 3 rings (SSSR count). The van der Waals surface area contributed by atoms with E-state index in [1.807, 2.05) is 0 Å². The van der Waals surface area contributed by atoms with Crippen molar-refractivity contribution in [3.8, 4) is 0 Å². The van der Waals surface area contributed by atoms with E-state index in [9.17, 15) is 25.0 Å². The summed E-state index contributed by atoms with van der Waals surface area (Å²) in [6, 6.07) is 7.24. The predicted molar refractivity (Wildman–Crippen MR) is 73.3 cm³/mol. The van der Waals surface area contributed by atoms with Gasteiger partial charge in [0.2, 0.25) is 5.43 Å². The SMILES string of the molecule is O=c1c2ccc([N+](=O)[O-])cc2oc2ccc([N+](=O)[O-])cc12. The zero-order chi connectivity index (χ0) is 15.1. The van der Waals surface area contributed by atoms with Crippen LogP contribution in [0, 0.1) is 20.2 Å². The maximum absolute atomic E-state index is 12.3. The average molecular weight is 286 g/mol. The molecule has 0 fully saturated rings. The number of rotatable bonds is 2. The second-order valence-electron chi connectivity index (χ2n) is 4.31. The first-order valence-corrected chi connectivity index (χ1v) is 5.77. The summed E-state index contributed by atoms with van der Waals surface area (Å²) in [5.41, 5.74) is -0.693. The van der Waals surface area contributed by atoms with Crippen molar-refractivity contribution in [3.63, 3.8) is 0 Å². The number of nitrogens with zero attached hydrogens (tertiary/aromatic N) is 2. The van der Waals surface area contributed by atoms with E-state index in [-0.39, 0.29) is 33.3 Å². The Morgan fingerprint density at radius 1 is 0.810 bits per heavy atom. The molecule has 0 atom stereocenters. The Morgan fingerprint density at radius 2 is 1.43 bits per heavy atom. The zero-order valence-electron chi connectivity index (χ0n) is 10.3. The Morgan fingerprint density at radius 3 is 2.10 bits per heavy atom. The van der Waals surface area contributed by atoms with Gasteiger partial charge in [0.25, 0.3) is 11.4 Å². The second-order valence-corrected chi connectivity index (χ2v) is 4.31. The van der Waals surface area contributed by atoms with Crippen LogP contribution in [0.1, 0.15) is 0 Å². The Balaban J connectivity index is 2.40. The van der Waals surface area contributed by atoms with E-state index in [0.29, 0.717) is 0 Å². The van der Waals surface area contributed by atoms with Gasteiger partial charge in [-0.15, -0.1) is 0 Å². The minimum Gasteiger partial charge on any atom is -0.456 e. The molecule has 8 heteroatoms. The van der Waals surface area contributed by atoms with Gasteiger partial charge in [-0.1, -0.05) is 0 Å².